The predicted molar refractivity (Wildman–Crippen MR) is 118 cm³/mol. The van der Waals surface area contributed by atoms with E-state index in [1.165, 1.54) is 0 Å². The molecule has 1 atom stereocenters. The fraction of sp³-hybridized carbons (Fsp3) is 0.455. The van der Waals surface area contributed by atoms with Crippen LogP contribution in [0.2, 0.25) is 0 Å². The molecule has 1 unspecified atom stereocenters. The van der Waals surface area contributed by atoms with Crippen molar-refractivity contribution in [3.63, 3.8) is 0 Å². The number of hydrogen-bond donors (Lipinski definition) is 3. The summed E-state index contributed by atoms with van der Waals surface area (Å²) in [5, 5.41) is 5.90. The van der Waals surface area contributed by atoms with Gasteiger partial charge in [-0.05, 0) is 39.0 Å². The zero-order chi connectivity index (χ0) is 23.7. The van der Waals surface area contributed by atoms with Crippen LogP contribution in [0, 0.1) is 23.4 Å². The molecule has 0 bridgehead atoms. The lowest BCUT2D eigenvalue weighted by Gasteiger charge is -2.29. The van der Waals surface area contributed by atoms with Crippen LogP contribution in [0.3, 0.4) is 0 Å². The van der Waals surface area contributed by atoms with E-state index in [1.807, 2.05) is 13.8 Å². The smallest absolute Gasteiger partial charge is 0.224 e. The first-order valence-corrected chi connectivity index (χ1v) is 11.0. The molecule has 11 heteroatoms. The van der Waals surface area contributed by atoms with Crippen molar-refractivity contribution in [3.8, 4) is 0 Å². The fourth-order valence-corrected chi connectivity index (χ4v) is 4.11. The molecular weight excluding hydrogens is 435 g/mol. The molecule has 0 aliphatic heterocycles. The van der Waals surface area contributed by atoms with E-state index in [2.05, 4.69) is 25.6 Å². The highest BCUT2D eigenvalue weighted by molar-refractivity contribution is 5.78. The molecule has 1 aliphatic rings. The standard InChI is InChI=1S/C22H26F3N7O/c1-3-11(2)28-21-27-10-17-20(31-21)32(14-6-4-12(5-7-14)19(26)33)22(29-17)30-18-15(24)8-13(23)9-16(18)25/h8-12,14H,3-7H2,1-2H3,(H2,26,33)(H,29,30)(H,27,28,31)/t11?,12-,14-. The van der Waals surface area contributed by atoms with Gasteiger partial charge >= 0.3 is 0 Å². The van der Waals surface area contributed by atoms with Crippen molar-refractivity contribution in [1.29, 1.82) is 0 Å². The first-order valence-electron chi connectivity index (χ1n) is 11.0. The van der Waals surface area contributed by atoms with E-state index >= 15 is 0 Å². The summed E-state index contributed by atoms with van der Waals surface area (Å²) < 4.78 is 43.8. The monoisotopic (exact) mass is 461 g/mol. The van der Waals surface area contributed by atoms with Crippen LogP contribution in [-0.4, -0.2) is 31.5 Å². The number of primary amides is 1. The van der Waals surface area contributed by atoms with Gasteiger partial charge in [-0.3, -0.25) is 9.36 Å². The lowest BCUT2D eigenvalue weighted by atomic mass is 9.85. The van der Waals surface area contributed by atoms with Crippen LogP contribution in [0.15, 0.2) is 18.3 Å². The van der Waals surface area contributed by atoms with Crippen LogP contribution < -0.4 is 16.4 Å². The molecule has 4 rings (SSSR count). The van der Waals surface area contributed by atoms with Crippen LogP contribution >= 0.6 is 0 Å². The van der Waals surface area contributed by atoms with E-state index in [1.54, 1.807) is 10.8 Å². The molecule has 2 aromatic heterocycles. The SMILES string of the molecule is CCC(C)Nc1ncc2nc(Nc3c(F)cc(F)cc3F)n([C@H]3CC[C@H](C(N)=O)CC3)c2n1. The van der Waals surface area contributed by atoms with Gasteiger partial charge in [-0.1, -0.05) is 6.92 Å². The molecule has 0 spiro atoms. The van der Waals surface area contributed by atoms with Crippen molar-refractivity contribution in [2.24, 2.45) is 11.7 Å². The third-order valence-electron chi connectivity index (χ3n) is 6.13. The van der Waals surface area contributed by atoms with Gasteiger partial charge in [0, 0.05) is 30.1 Å². The first kappa shape index (κ1) is 22.8. The highest BCUT2D eigenvalue weighted by atomic mass is 19.1. The minimum absolute atomic E-state index is 0.133. The number of benzene rings is 1. The molecule has 1 amide bonds. The summed E-state index contributed by atoms with van der Waals surface area (Å²) in [4.78, 5) is 25.0. The van der Waals surface area contributed by atoms with Gasteiger partial charge in [0.2, 0.25) is 17.8 Å². The second kappa shape index (κ2) is 9.24. The molecule has 0 saturated heterocycles. The minimum Gasteiger partial charge on any atom is -0.369 e. The Morgan fingerprint density at radius 3 is 2.45 bits per heavy atom. The Balaban J connectivity index is 1.77. The number of hydrogen-bond acceptors (Lipinski definition) is 6. The number of amides is 1. The molecular formula is C22H26F3N7O. The number of halogens is 3. The Kier molecular flexibility index (Phi) is 6.39. The lowest BCUT2D eigenvalue weighted by Crippen LogP contribution is -2.29. The number of nitrogens with zero attached hydrogens (tertiary/aromatic N) is 4. The number of aromatic nitrogens is 4. The van der Waals surface area contributed by atoms with Crippen molar-refractivity contribution in [2.75, 3.05) is 10.6 Å². The highest BCUT2D eigenvalue weighted by Gasteiger charge is 2.29. The highest BCUT2D eigenvalue weighted by Crippen LogP contribution is 2.37. The number of fused-ring (bicyclic) bond motifs is 1. The molecule has 3 aromatic rings. The van der Waals surface area contributed by atoms with E-state index in [-0.39, 0.29) is 29.9 Å². The Morgan fingerprint density at radius 1 is 1.18 bits per heavy atom. The van der Waals surface area contributed by atoms with Crippen molar-refractivity contribution >= 4 is 34.7 Å². The summed E-state index contributed by atoms with van der Waals surface area (Å²) in [5.74, 6) is -3.14. The van der Waals surface area contributed by atoms with Crippen LogP contribution in [-0.2, 0) is 4.79 Å². The molecule has 1 aromatic carbocycles. The fourth-order valence-electron chi connectivity index (χ4n) is 4.11. The normalized spacial score (nSPS) is 19.4. The van der Waals surface area contributed by atoms with Gasteiger partial charge < -0.3 is 16.4 Å². The number of rotatable bonds is 7. The molecule has 1 fully saturated rings. The zero-order valence-electron chi connectivity index (χ0n) is 18.4. The van der Waals surface area contributed by atoms with Crippen molar-refractivity contribution < 1.29 is 18.0 Å². The third-order valence-corrected chi connectivity index (χ3v) is 6.13. The average Bonchev–Trinajstić information content (AvgIpc) is 3.13. The van der Waals surface area contributed by atoms with Gasteiger partial charge in [0.05, 0.1) is 6.20 Å². The first-order chi connectivity index (χ1) is 15.8. The van der Waals surface area contributed by atoms with E-state index in [9.17, 15) is 18.0 Å². The van der Waals surface area contributed by atoms with Gasteiger partial charge in [-0.15, -0.1) is 0 Å². The Bertz CT molecular complexity index is 1150. The molecule has 8 nitrogen and oxygen atoms in total. The molecule has 2 heterocycles. The maximum absolute atomic E-state index is 14.3. The van der Waals surface area contributed by atoms with E-state index < -0.39 is 23.1 Å². The van der Waals surface area contributed by atoms with Crippen LogP contribution in [0.1, 0.15) is 52.0 Å². The number of carbonyl (C=O) groups is 1. The van der Waals surface area contributed by atoms with Crippen LogP contribution in [0.4, 0.5) is 30.8 Å². The summed E-state index contributed by atoms with van der Waals surface area (Å²) in [6, 6.07) is 1.21. The molecule has 33 heavy (non-hydrogen) atoms. The molecule has 1 aliphatic carbocycles. The Labute approximate surface area is 188 Å². The number of nitrogens with one attached hydrogen (secondary N) is 2. The van der Waals surface area contributed by atoms with Gasteiger partial charge in [0.15, 0.2) is 17.3 Å². The zero-order valence-corrected chi connectivity index (χ0v) is 18.4. The lowest BCUT2D eigenvalue weighted by molar-refractivity contribution is -0.122. The predicted octanol–water partition coefficient (Wildman–Crippen LogP) is 4.41. The van der Waals surface area contributed by atoms with Gasteiger partial charge in [-0.25, -0.2) is 23.1 Å². The minimum atomic E-state index is -1.08. The van der Waals surface area contributed by atoms with Crippen LogP contribution in [0.5, 0.6) is 0 Å². The van der Waals surface area contributed by atoms with Gasteiger partial charge in [0.25, 0.3) is 0 Å². The van der Waals surface area contributed by atoms with Gasteiger partial charge in [0.1, 0.15) is 17.0 Å². The van der Waals surface area contributed by atoms with Crippen molar-refractivity contribution in [3.05, 3.63) is 35.8 Å². The van der Waals surface area contributed by atoms with Crippen molar-refractivity contribution in [1.82, 2.24) is 19.5 Å². The molecule has 176 valence electrons. The maximum Gasteiger partial charge on any atom is 0.224 e. The van der Waals surface area contributed by atoms with E-state index in [4.69, 9.17) is 5.73 Å². The molecule has 0 radical (unpaired) electrons. The second-order valence-electron chi connectivity index (χ2n) is 8.44. The topological polar surface area (TPSA) is 111 Å². The summed E-state index contributed by atoms with van der Waals surface area (Å²) in [6.07, 6.45) is 4.80. The Morgan fingerprint density at radius 2 is 1.85 bits per heavy atom. The quantitative estimate of drug-likeness (QED) is 0.481. The van der Waals surface area contributed by atoms with E-state index in [0.717, 1.165) is 6.42 Å². The Hall–Kier alpha value is -3.37. The third kappa shape index (κ3) is 4.71. The molecule has 4 N–H and O–H groups in total. The van der Waals surface area contributed by atoms with Crippen LogP contribution in [0.25, 0.3) is 11.2 Å². The largest absolute Gasteiger partial charge is 0.369 e. The second-order valence-corrected chi connectivity index (χ2v) is 8.44. The molecule has 1 saturated carbocycles. The number of imidazole rings is 1. The summed E-state index contributed by atoms with van der Waals surface area (Å²) in [6.45, 7) is 4.04. The number of anilines is 3. The summed E-state index contributed by atoms with van der Waals surface area (Å²) in [7, 11) is 0. The average molecular weight is 461 g/mol. The van der Waals surface area contributed by atoms with Crippen molar-refractivity contribution in [2.45, 2.75) is 58.0 Å². The number of carbonyl (C=O) groups excluding carboxylic acids is 1. The summed E-state index contributed by atoms with van der Waals surface area (Å²) in [5.41, 5.74) is 5.88. The summed E-state index contributed by atoms with van der Waals surface area (Å²) >= 11 is 0. The number of nitrogens with two attached hydrogens (primary N) is 1. The maximum atomic E-state index is 14.3. The van der Waals surface area contributed by atoms with E-state index in [0.29, 0.717) is 54.9 Å². The van der Waals surface area contributed by atoms with Gasteiger partial charge in [-0.2, -0.15) is 4.98 Å².